The van der Waals surface area contributed by atoms with Crippen LogP contribution in [-0.2, 0) is 4.79 Å². The van der Waals surface area contributed by atoms with Crippen LogP contribution in [0.5, 0.6) is 11.5 Å². The van der Waals surface area contributed by atoms with Crippen molar-refractivity contribution in [1.29, 1.82) is 0 Å². The number of halogens is 2. The number of benzene rings is 2. The molecule has 158 valence electrons. The maximum Gasteiger partial charge on any atom is 0.387 e. The lowest BCUT2D eigenvalue weighted by atomic mass is 10.1. The van der Waals surface area contributed by atoms with Crippen molar-refractivity contribution in [2.24, 2.45) is 0 Å². The van der Waals surface area contributed by atoms with Crippen LogP contribution in [0.3, 0.4) is 0 Å². The first-order chi connectivity index (χ1) is 14.5. The van der Waals surface area contributed by atoms with Gasteiger partial charge in [0, 0.05) is 30.4 Å². The Balaban J connectivity index is 1.59. The molecule has 1 fully saturated rings. The number of carbonyl (C=O) groups excluding carboxylic acids is 2. The van der Waals surface area contributed by atoms with Crippen LogP contribution in [0.15, 0.2) is 48.5 Å². The number of amides is 2. The monoisotopic (exact) mass is 416 g/mol. The normalized spacial score (nSPS) is 13.7. The standard InChI is InChI=1S/C22H22F2N2O4/c1-29-19-14-15(4-10-18(19)30-22(23)24)5-11-20(27)25-17-8-6-16(7-9-17)21(28)26-12-2-3-13-26/h4-11,14,22H,2-3,12-13H2,1H3,(H,25,27)/b11-5+. The third-order valence-corrected chi connectivity index (χ3v) is 4.62. The van der Waals surface area contributed by atoms with E-state index in [1.54, 1.807) is 24.3 Å². The summed E-state index contributed by atoms with van der Waals surface area (Å²) in [7, 11) is 1.34. The number of hydrogen-bond donors (Lipinski definition) is 1. The Hall–Kier alpha value is -3.42. The Morgan fingerprint density at radius 1 is 1.07 bits per heavy atom. The van der Waals surface area contributed by atoms with Gasteiger partial charge in [0.1, 0.15) is 0 Å². The Labute approximate surface area is 173 Å². The van der Waals surface area contributed by atoms with Gasteiger partial charge >= 0.3 is 6.61 Å². The van der Waals surface area contributed by atoms with E-state index < -0.39 is 6.61 Å². The third kappa shape index (κ3) is 5.56. The largest absolute Gasteiger partial charge is 0.493 e. The lowest BCUT2D eigenvalue weighted by Gasteiger charge is -2.15. The van der Waals surface area contributed by atoms with Crippen molar-refractivity contribution in [1.82, 2.24) is 4.90 Å². The SMILES string of the molecule is COc1cc(/C=C/C(=O)Nc2ccc(C(=O)N3CCCC3)cc2)ccc1OC(F)F. The van der Waals surface area contributed by atoms with Crippen LogP contribution in [0, 0.1) is 0 Å². The van der Waals surface area contributed by atoms with Crippen LogP contribution >= 0.6 is 0 Å². The van der Waals surface area contributed by atoms with Crippen LogP contribution in [0.1, 0.15) is 28.8 Å². The van der Waals surface area contributed by atoms with E-state index in [0.717, 1.165) is 25.9 Å². The van der Waals surface area contributed by atoms with E-state index in [2.05, 4.69) is 10.1 Å². The highest BCUT2D eigenvalue weighted by Crippen LogP contribution is 2.29. The van der Waals surface area contributed by atoms with Gasteiger partial charge < -0.3 is 19.7 Å². The zero-order valence-electron chi connectivity index (χ0n) is 16.4. The molecule has 2 aromatic rings. The molecule has 0 aromatic heterocycles. The van der Waals surface area contributed by atoms with Gasteiger partial charge in [-0.15, -0.1) is 0 Å². The van der Waals surface area contributed by atoms with Crippen molar-refractivity contribution in [3.05, 3.63) is 59.7 Å². The van der Waals surface area contributed by atoms with Gasteiger partial charge in [-0.05, 0) is 60.9 Å². The molecule has 1 saturated heterocycles. The van der Waals surface area contributed by atoms with Crippen LogP contribution in [-0.4, -0.2) is 43.5 Å². The maximum atomic E-state index is 12.4. The minimum absolute atomic E-state index is 0.00140. The van der Waals surface area contributed by atoms with Crippen LogP contribution in [0.4, 0.5) is 14.5 Å². The molecule has 3 rings (SSSR count). The van der Waals surface area contributed by atoms with Gasteiger partial charge in [0.2, 0.25) is 5.91 Å². The molecule has 1 heterocycles. The van der Waals surface area contributed by atoms with Gasteiger partial charge in [-0.3, -0.25) is 9.59 Å². The molecule has 2 amide bonds. The molecule has 0 radical (unpaired) electrons. The molecule has 0 spiro atoms. The van der Waals surface area contributed by atoms with E-state index in [9.17, 15) is 18.4 Å². The van der Waals surface area contributed by atoms with Crippen molar-refractivity contribution >= 4 is 23.6 Å². The quantitative estimate of drug-likeness (QED) is 0.688. The number of alkyl halides is 2. The second-order valence-corrected chi connectivity index (χ2v) is 6.69. The smallest absolute Gasteiger partial charge is 0.387 e. The van der Waals surface area contributed by atoms with Crippen LogP contribution in [0.2, 0.25) is 0 Å². The number of hydrogen-bond acceptors (Lipinski definition) is 4. The Bertz CT molecular complexity index is 923. The average molecular weight is 416 g/mol. The topological polar surface area (TPSA) is 67.9 Å². The summed E-state index contributed by atoms with van der Waals surface area (Å²) in [4.78, 5) is 26.3. The number of nitrogens with one attached hydrogen (secondary N) is 1. The Morgan fingerprint density at radius 3 is 2.40 bits per heavy atom. The summed E-state index contributed by atoms with van der Waals surface area (Å²) >= 11 is 0. The molecule has 1 N–H and O–H groups in total. The summed E-state index contributed by atoms with van der Waals surface area (Å²) in [6.45, 7) is -1.40. The molecule has 30 heavy (non-hydrogen) atoms. The molecule has 1 aliphatic heterocycles. The molecule has 2 aromatic carbocycles. The first-order valence-electron chi connectivity index (χ1n) is 9.47. The molecule has 0 aliphatic carbocycles. The Kier molecular flexibility index (Phi) is 7.00. The van der Waals surface area contributed by atoms with E-state index in [4.69, 9.17) is 4.74 Å². The van der Waals surface area contributed by atoms with Gasteiger partial charge in [-0.1, -0.05) is 6.07 Å². The second kappa shape index (κ2) is 9.87. The number of likely N-dealkylation sites (tertiary alicyclic amines) is 1. The maximum absolute atomic E-state index is 12.4. The second-order valence-electron chi connectivity index (χ2n) is 6.69. The summed E-state index contributed by atoms with van der Waals surface area (Å²) in [6, 6.07) is 11.1. The summed E-state index contributed by atoms with van der Waals surface area (Å²) in [5, 5.41) is 2.71. The lowest BCUT2D eigenvalue weighted by Crippen LogP contribution is -2.27. The number of anilines is 1. The molecular formula is C22H22F2N2O4. The predicted octanol–water partition coefficient (Wildman–Crippen LogP) is 4.18. The first-order valence-corrected chi connectivity index (χ1v) is 9.47. The average Bonchev–Trinajstić information content (AvgIpc) is 3.27. The predicted molar refractivity (Wildman–Crippen MR) is 109 cm³/mol. The highest BCUT2D eigenvalue weighted by molar-refractivity contribution is 6.02. The summed E-state index contributed by atoms with van der Waals surface area (Å²) in [6.07, 6.45) is 4.89. The molecule has 0 atom stereocenters. The fraction of sp³-hybridized carbons (Fsp3) is 0.273. The molecule has 1 aliphatic rings. The van der Waals surface area contributed by atoms with Crippen LogP contribution < -0.4 is 14.8 Å². The van der Waals surface area contributed by atoms with E-state index >= 15 is 0 Å². The van der Waals surface area contributed by atoms with E-state index in [1.807, 2.05) is 4.90 Å². The summed E-state index contributed by atoms with van der Waals surface area (Å²) in [5.74, 6) is -0.326. The third-order valence-electron chi connectivity index (χ3n) is 4.62. The zero-order chi connectivity index (χ0) is 21.5. The highest BCUT2D eigenvalue weighted by atomic mass is 19.3. The fourth-order valence-electron chi connectivity index (χ4n) is 3.14. The zero-order valence-corrected chi connectivity index (χ0v) is 16.4. The number of rotatable bonds is 7. The molecular weight excluding hydrogens is 394 g/mol. The number of ether oxygens (including phenoxy) is 2. The molecule has 0 saturated carbocycles. The van der Waals surface area contributed by atoms with E-state index in [1.165, 1.54) is 37.5 Å². The van der Waals surface area contributed by atoms with Crippen molar-refractivity contribution in [3.8, 4) is 11.5 Å². The van der Waals surface area contributed by atoms with Crippen molar-refractivity contribution < 1.29 is 27.8 Å². The van der Waals surface area contributed by atoms with Crippen molar-refractivity contribution in [2.75, 3.05) is 25.5 Å². The molecule has 0 bridgehead atoms. The summed E-state index contributed by atoms with van der Waals surface area (Å²) in [5.41, 5.74) is 1.72. The number of methoxy groups -OCH3 is 1. The van der Waals surface area contributed by atoms with Gasteiger partial charge in [0.25, 0.3) is 5.91 Å². The van der Waals surface area contributed by atoms with E-state index in [-0.39, 0.29) is 23.3 Å². The fourth-order valence-corrected chi connectivity index (χ4v) is 3.14. The summed E-state index contributed by atoms with van der Waals surface area (Å²) < 4.78 is 34.2. The number of carbonyl (C=O) groups is 2. The Morgan fingerprint density at radius 2 is 1.77 bits per heavy atom. The molecule has 0 unspecified atom stereocenters. The van der Waals surface area contributed by atoms with Gasteiger partial charge in [-0.25, -0.2) is 0 Å². The first kappa shape index (κ1) is 21.3. The minimum atomic E-state index is -2.96. The minimum Gasteiger partial charge on any atom is -0.493 e. The van der Waals surface area contributed by atoms with Crippen molar-refractivity contribution in [3.63, 3.8) is 0 Å². The molecule has 8 heteroatoms. The van der Waals surface area contributed by atoms with Gasteiger partial charge in [0.05, 0.1) is 7.11 Å². The molecule has 6 nitrogen and oxygen atoms in total. The van der Waals surface area contributed by atoms with E-state index in [0.29, 0.717) is 16.8 Å². The van der Waals surface area contributed by atoms with Crippen LogP contribution in [0.25, 0.3) is 6.08 Å². The van der Waals surface area contributed by atoms with Gasteiger partial charge in [-0.2, -0.15) is 8.78 Å². The highest BCUT2D eigenvalue weighted by Gasteiger charge is 2.19. The van der Waals surface area contributed by atoms with Gasteiger partial charge in [0.15, 0.2) is 11.5 Å². The van der Waals surface area contributed by atoms with Crippen molar-refractivity contribution in [2.45, 2.75) is 19.5 Å². The number of nitrogens with zero attached hydrogens (tertiary/aromatic N) is 1. The lowest BCUT2D eigenvalue weighted by molar-refractivity contribution is -0.111.